The Morgan fingerprint density at radius 2 is 1.87 bits per heavy atom. The molecule has 0 atom stereocenters. The van der Waals surface area contributed by atoms with Gasteiger partial charge in [0.25, 0.3) is 5.91 Å². The smallest absolute Gasteiger partial charge is 0.270 e. The van der Waals surface area contributed by atoms with E-state index >= 15 is 0 Å². The molecule has 0 radical (unpaired) electrons. The second-order valence-corrected chi connectivity index (χ2v) is 7.60. The molecule has 7 heteroatoms. The average molecular weight is 407 g/mol. The zero-order valence-electron chi connectivity index (χ0n) is 17.1. The fourth-order valence-electron chi connectivity index (χ4n) is 4.39. The molecular formula is C23H22FN3O3. The first-order valence-corrected chi connectivity index (χ1v) is 9.80. The quantitative estimate of drug-likeness (QED) is 0.558. The van der Waals surface area contributed by atoms with Gasteiger partial charge in [-0.3, -0.25) is 4.79 Å². The number of fused-ring (bicyclic) bond motifs is 4. The Bertz CT molecular complexity index is 1300. The van der Waals surface area contributed by atoms with E-state index in [0.717, 1.165) is 33.1 Å². The predicted octanol–water partition coefficient (Wildman–Crippen LogP) is 4.01. The van der Waals surface area contributed by atoms with Crippen molar-refractivity contribution < 1.29 is 18.7 Å². The minimum atomic E-state index is -0.274. The van der Waals surface area contributed by atoms with E-state index in [-0.39, 0.29) is 11.7 Å². The number of hydrogen-bond acceptors (Lipinski definition) is 3. The third kappa shape index (κ3) is 2.73. The fourth-order valence-corrected chi connectivity index (χ4v) is 4.39. The zero-order valence-corrected chi connectivity index (χ0v) is 17.1. The Kier molecular flexibility index (Phi) is 4.20. The molecule has 0 unspecified atom stereocenters. The number of nitrogens with zero attached hydrogens (tertiary/aromatic N) is 2. The summed E-state index contributed by atoms with van der Waals surface area (Å²) in [6.07, 6.45) is 0.711. The summed E-state index contributed by atoms with van der Waals surface area (Å²) >= 11 is 0. The molecule has 4 aromatic rings. The largest absolute Gasteiger partial charge is 0.493 e. The maximum Gasteiger partial charge on any atom is 0.270 e. The van der Waals surface area contributed by atoms with E-state index in [9.17, 15) is 9.18 Å². The molecule has 1 aliphatic rings. The first-order chi connectivity index (χ1) is 14.5. The van der Waals surface area contributed by atoms with Crippen LogP contribution >= 0.6 is 0 Å². The monoisotopic (exact) mass is 407 g/mol. The summed E-state index contributed by atoms with van der Waals surface area (Å²) in [5, 5.41) is 1.75. The van der Waals surface area contributed by atoms with Crippen LogP contribution in [0.1, 0.15) is 21.7 Å². The van der Waals surface area contributed by atoms with Crippen molar-refractivity contribution in [2.24, 2.45) is 7.05 Å². The summed E-state index contributed by atoms with van der Waals surface area (Å²) in [5.41, 5.74) is 4.45. The van der Waals surface area contributed by atoms with Gasteiger partial charge in [-0.05, 0) is 30.3 Å². The first kappa shape index (κ1) is 18.5. The van der Waals surface area contributed by atoms with Gasteiger partial charge in [-0.25, -0.2) is 4.39 Å². The van der Waals surface area contributed by atoms with Crippen LogP contribution in [0.15, 0.2) is 36.4 Å². The Balaban J connectivity index is 1.52. The highest BCUT2D eigenvalue weighted by atomic mass is 19.1. The van der Waals surface area contributed by atoms with E-state index in [1.54, 1.807) is 20.3 Å². The number of nitrogens with one attached hydrogen (secondary N) is 1. The molecule has 1 N–H and O–H groups in total. The number of halogens is 1. The highest BCUT2D eigenvalue weighted by molar-refractivity contribution is 6.00. The van der Waals surface area contributed by atoms with Crippen LogP contribution < -0.4 is 9.47 Å². The predicted molar refractivity (Wildman–Crippen MR) is 113 cm³/mol. The number of ether oxygens (including phenoxy) is 2. The SMILES string of the molecule is COc1cc2cc(C(=O)N3CCc4[nH]c5ccc(F)cc5c4C3)n(C)c2cc1OC. The van der Waals surface area contributed by atoms with E-state index in [1.807, 2.05) is 34.7 Å². The van der Waals surface area contributed by atoms with Crippen LogP contribution in [0, 0.1) is 5.82 Å². The molecule has 0 fully saturated rings. The molecule has 30 heavy (non-hydrogen) atoms. The normalized spacial score (nSPS) is 13.7. The van der Waals surface area contributed by atoms with Crippen LogP contribution in [-0.4, -0.2) is 41.1 Å². The molecule has 0 spiro atoms. The molecule has 3 heterocycles. The molecule has 1 aliphatic heterocycles. The molecule has 5 rings (SSSR count). The standard InChI is InChI=1S/C23H22FN3O3/c1-26-19-11-22(30-3)21(29-2)9-13(19)8-20(26)23(28)27-7-6-18-16(12-27)15-10-14(24)4-5-17(15)25-18/h4-5,8-11,25H,6-7,12H2,1-3H3. The minimum absolute atomic E-state index is 0.0527. The van der Waals surface area contributed by atoms with E-state index in [1.165, 1.54) is 12.1 Å². The third-order valence-corrected chi connectivity index (χ3v) is 5.99. The lowest BCUT2D eigenvalue weighted by atomic mass is 10.0. The number of aromatic nitrogens is 2. The number of carbonyl (C=O) groups is 1. The number of rotatable bonds is 3. The van der Waals surface area contributed by atoms with Gasteiger partial charge in [-0.2, -0.15) is 0 Å². The molecule has 0 bridgehead atoms. The van der Waals surface area contributed by atoms with Gasteiger partial charge < -0.3 is 23.9 Å². The highest BCUT2D eigenvalue weighted by Crippen LogP contribution is 2.34. The van der Waals surface area contributed by atoms with Crippen molar-refractivity contribution >= 4 is 27.7 Å². The number of methoxy groups -OCH3 is 2. The zero-order chi connectivity index (χ0) is 21.0. The highest BCUT2D eigenvalue weighted by Gasteiger charge is 2.27. The summed E-state index contributed by atoms with van der Waals surface area (Å²) < 4.78 is 26.4. The van der Waals surface area contributed by atoms with E-state index in [4.69, 9.17) is 9.47 Å². The second-order valence-electron chi connectivity index (χ2n) is 7.60. The summed E-state index contributed by atoms with van der Waals surface area (Å²) in [6, 6.07) is 10.4. The fraction of sp³-hybridized carbons (Fsp3) is 0.261. The van der Waals surface area contributed by atoms with E-state index < -0.39 is 0 Å². The molecule has 2 aromatic heterocycles. The van der Waals surface area contributed by atoms with Crippen LogP contribution in [0.5, 0.6) is 11.5 Å². The van der Waals surface area contributed by atoms with E-state index in [0.29, 0.717) is 36.7 Å². The molecular weight excluding hydrogens is 385 g/mol. The summed E-state index contributed by atoms with van der Waals surface area (Å²) in [7, 11) is 5.06. The summed E-state index contributed by atoms with van der Waals surface area (Å²) in [5.74, 6) is 0.916. The van der Waals surface area contributed by atoms with Gasteiger partial charge in [0, 0.05) is 60.2 Å². The Labute approximate surface area is 172 Å². The van der Waals surface area contributed by atoms with Crippen LogP contribution in [0.25, 0.3) is 21.8 Å². The lowest BCUT2D eigenvalue weighted by Gasteiger charge is -2.27. The van der Waals surface area contributed by atoms with Crippen molar-refractivity contribution in [2.75, 3.05) is 20.8 Å². The molecule has 0 saturated heterocycles. The number of hydrogen-bond donors (Lipinski definition) is 1. The van der Waals surface area contributed by atoms with Gasteiger partial charge in [0.2, 0.25) is 0 Å². The number of benzene rings is 2. The number of aryl methyl sites for hydroxylation is 1. The average Bonchev–Trinajstić information content (AvgIpc) is 3.28. The van der Waals surface area contributed by atoms with Gasteiger partial charge in [0.1, 0.15) is 11.5 Å². The summed E-state index contributed by atoms with van der Waals surface area (Å²) in [6.45, 7) is 1.06. The topological polar surface area (TPSA) is 59.5 Å². The van der Waals surface area contributed by atoms with Crippen molar-refractivity contribution in [1.29, 1.82) is 0 Å². The molecule has 154 valence electrons. The maximum atomic E-state index is 13.8. The maximum absolute atomic E-state index is 13.8. The molecule has 1 amide bonds. The van der Waals surface area contributed by atoms with Crippen molar-refractivity contribution in [1.82, 2.24) is 14.5 Å². The van der Waals surface area contributed by atoms with Crippen LogP contribution in [0.2, 0.25) is 0 Å². The Morgan fingerprint density at radius 3 is 2.63 bits per heavy atom. The lowest BCUT2D eigenvalue weighted by molar-refractivity contribution is 0.0726. The first-order valence-electron chi connectivity index (χ1n) is 9.80. The van der Waals surface area contributed by atoms with Gasteiger partial charge in [0.15, 0.2) is 11.5 Å². The van der Waals surface area contributed by atoms with Crippen LogP contribution in [0.4, 0.5) is 4.39 Å². The molecule has 2 aromatic carbocycles. The van der Waals surface area contributed by atoms with Gasteiger partial charge >= 0.3 is 0 Å². The van der Waals surface area contributed by atoms with E-state index in [2.05, 4.69) is 4.98 Å². The Morgan fingerprint density at radius 1 is 1.10 bits per heavy atom. The van der Waals surface area contributed by atoms with Crippen LogP contribution in [-0.2, 0) is 20.0 Å². The summed E-state index contributed by atoms with van der Waals surface area (Å²) in [4.78, 5) is 18.6. The van der Waals surface area contributed by atoms with Gasteiger partial charge in [-0.1, -0.05) is 0 Å². The lowest BCUT2D eigenvalue weighted by Crippen LogP contribution is -2.36. The van der Waals surface area contributed by atoms with Gasteiger partial charge in [-0.15, -0.1) is 0 Å². The third-order valence-electron chi connectivity index (χ3n) is 5.99. The van der Waals surface area contributed by atoms with Crippen LogP contribution in [0.3, 0.4) is 0 Å². The van der Waals surface area contributed by atoms with Crippen molar-refractivity contribution in [3.05, 3.63) is 59.2 Å². The number of aromatic amines is 1. The Hall–Kier alpha value is -3.48. The van der Waals surface area contributed by atoms with Gasteiger partial charge in [0.05, 0.1) is 19.7 Å². The van der Waals surface area contributed by atoms with Crippen molar-refractivity contribution in [3.8, 4) is 11.5 Å². The second kappa shape index (κ2) is 6.79. The molecule has 6 nitrogen and oxygen atoms in total. The molecule has 0 aliphatic carbocycles. The van der Waals surface area contributed by atoms with Crippen molar-refractivity contribution in [3.63, 3.8) is 0 Å². The minimum Gasteiger partial charge on any atom is -0.493 e. The molecule has 0 saturated carbocycles. The number of carbonyl (C=O) groups excluding carboxylic acids is 1. The number of amides is 1. The number of H-pyrrole nitrogens is 1. The van der Waals surface area contributed by atoms with Crippen molar-refractivity contribution in [2.45, 2.75) is 13.0 Å².